The van der Waals surface area contributed by atoms with Gasteiger partial charge in [-0.3, -0.25) is 4.57 Å². The highest BCUT2D eigenvalue weighted by molar-refractivity contribution is 5.46. The molecule has 0 aliphatic heterocycles. The van der Waals surface area contributed by atoms with E-state index in [-0.39, 0.29) is 11.9 Å². The molecule has 1 aliphatic carbocycles. The molecule has 2 aromatic rings. The number of benzene rings is 1. The Balaban J connectivity index is 2.19. The fraction of sp³-hybridized carbons (Fsp3) is 0.400. The summed E-state index contributed by atoms with van der Waals surface area (Å²) >= 11 is 0. The van der Waals surface area contributed by atoms with Crippen LogP contribution in [0.5, 0.6) is 0 Å². The van der Waals surface area contributed by atoms with E-state index in [1.165, 1.54) is 12.5 Å². The molecule has 2 N–H and O–H groups in total. The summed E-state index contributed by atoms with van der Waals surface area (Å²) in [7, 11) is 0. The van der Waals surface area contributed by atoms with Gasteiger partial charge in [0.1, 0.15) is 5.82 Å². The third-order valence-electron chi connectivity index (χ3n) is 3.78. The molecule has 100 valence electrons. The Morgan fingerprint density at radius 3 is 2.89 bits per heavy atom. The maximum Gasteiger partial charge on any atom is 0.147 e. The van der Waals surface area contributed by atoms with Crippen molar-refractivity contribution in [3.8, 4) is 5.69 Å². The number of para-hydroxylation sites is 1. The normalized spacial score (nSPS) is 16.2. The third-order valence-corrected chi connectivity index (χ3v) is 3.78. The maximum absolute atomic E-state index is 14.2. The van der Waals surface area contributed by atoms with Crippen LogP contribution in [0.2, 0.25) is 0 Å². The predicted octanol–water partition coefficient (Wildman–Crippen LogP) is 2.91. The first kappa shape index (κ1) is 12.4. The van der Waals surface area contributed by atoms with Crippen molar-refractivity contribution in [1.82, 2.24) is 9.55 Å². The molecule has 3 nitrogen and oxygen atoms in total. The number of nitrogens with two attached hydrogens (primary N) is 1. The average molecular weight is 259 g/mol. The first-order valence-corrected chi connectivity index (χ1v) is 6.78. The average Bonchev–Trinajstić information content (AvgIpc) is 2.82. The Morgan fingerprint density at radius 2 is 2.11 bits per heavy atom. The van der Waals surface area contributed by atoms with Crippen LogP contribution in [0.15, 0.2) is 24.5 Å². The van der Waals surface area contributed by atoms with Gasteiger partial charge in [-0.15, -0.1) is 0 Å². The second-order valence-corrected chi connectivity index (χ2v) is 5.18. The van der Waals surface area contributed by atoms with E-state index in [0.29, 0.717) is 5.69 Å². The maximum atomic E-state index is 14.2. The van der Waals surface area contributed by atoms with E-state index in [9.17, 15) is 4.39 Å². The van der Waals surface area contributed by atoms with Crippen LogP contribution in [0, 0.1) is 5.82 Å². The molecule has 1 heterocycles. The van der Waals surface area contributed by atoms with Crippen LogP contribution >= 0.6 is 0 Å². The van der Waals surface area contributed by atoms with Gasteiger partial charge < -0.3 is 5.73 Å². The number of nitrogens with zero attached hydrogens (tertiary/aromatic N) is 2. The van der Waals surface area contributed by atoms with E-state index >= 15 is 0 Å². The Kier molecular flexibility index (Phi) is 3.11. The van der Waals surface area contributed by atoms with E-state index in [4.69, 9.17) is 5.73 Å². The van der Waals surface area contributed by atoms with Gasteiger partial charge in [-0.25, -0.2) is 9.37 Å². The van der Waals surface area contributed by atoms with Crippen molar-refractivity contribution in [1.29, 1.82) is 0 Å². The van der Waals surface area contributed by atoms with Crippen molar-refractivity contribution in [3.63, 3.8) is 0 Å². The Morgan fingerprint density at radius 1 is 1.32 bits per heavy atom. The standard InChI is InChI=1S/C15H18FN3/c1-10(17)11-5-4-6-12(16)15(11)19-9-18-13-7-2-3-8-14(13)19/h4-6,9-10H,2-3,7-8,17H2,1H3/t10-/m1/s1. The van der Waals surface area contributed by atoms with Gasteiger partial charge in [-0.1, -0.05) is 12.1 Å². The summed E-state index contributed by atoms with van der Waals surface area (Å²) in [5.74, 6) is -0.236. The SMILES string of the molecule is C[C@@H](N)c1cccc(F)c1-n1cnc2c1CCCC2. The van der Waals surface area contributed by atoms with Gasteiger partial charge in [0.2, 0.25) is 0 Å². The lowest BCUT2D eigenvalue weighted by atomic mass is 10.00. The van der Waals surface area contributed by atoms with E-state index in [1.807, 2.05) is 17.6 Å². The molecule has 0 fully saturated rings. The Bertz CT molecular complexity index is 601. The molecule has 0 saturated carbocycles. The lowest BCUT2D eigenvalue weighted by molar-refractivity contribution is 0.601. The minimum atomic E-state index is -0.236. The molecule has 1 aliphatic rings. The highest BCUT2D eigenvalue weighted by Crippen LogP contribution is 2.28. The van der Waals surface area contributed by atoms with Crippen LogP contribution in [0.3, 0.4) is 0 Å². The summed E-state index contributed by atoms with van der Waals surface area (Å²) in [5, 5.41) is 0. The lowest BCUT2D eigenvalue weighted by Crippen LogP contribution is -2.14. The molecule has 1 aromatic carbocycles. The van der Waals surface area contributed by atoms with Crippen molar-refractivity contribution in [2.75, 3.05) is 0 Å². The molecule has 3 rings (SSSR count). The number of aromatic nitrogens is 2. The largest absolute Gasteiger partial charge is 0.324 e. The van der Waals surface area contributed by atoms with Gasteiger partial charge in [-0.2, -0.15) is 0 Å². The highest BCUT2D eigenvalue weighted by atomic mass is 19.1. The molecular weight excluding hydrogens is 241 g/mol. The van der Waals surface area contributed by atoms with Crippen molar-refractivity contribution >= 4 is 0 Å². The predicted molar refractivity (Wildman–Crippen MR) is 72.8 cm³/mol. The van der Waals surface area contributed by atoms with Crippen LogP contribution in [0.4, 0.5) is 4.39 Å². The van der Waals surface area contributed by atoms with Crippen molar-refractivity contribution in [3.05, 3.63) is 47.3 Å². The number of aryl methyl sites for hydroxylation is 1. The van der Waals surface area contributed by atoms with Gasteiger partial charge in [0.05, 0.1) is 17.7 Å². The van der Waals surface area contributed by atoms with Gasteiger partial charge in [0, 0.05) is 11.7 Å². The van der Waals surface area contributed by atoms with E-state index in [0.717, 1.165) is 36.2 Å². The summed E-state index contributed by atoms with van der Waals surface area (Å²) in [6.07, 6.45) is 5.99. The van der Waals surface area contributed by atoms with Gasteiger partial charge in [-0.05, 0) is 44.2 Å². The molecule has 0 unspecified atom stereocenters. The number of hydrogen-bond donors (Lipinski definition) is 1. The van der Waals surface area contributed by atoms with Gasteiger partial charge in [0.15, 0.2) is 0 Å². The van der Waals surface area contributed by atoms with Gasteiger partial charge >= 0.3 is 0 Å². The quantitative estimate of drug-likeness (QED) is 0.901. The van der Waals surface area contributed by atoms with Gasteiger partial charge in [0.25, 0.3) is 0 Å². The molecular formula is C15H18FN3. The van der Waals surface area contributed by atoms with E-state index < -0.39 is 0 Å². The monoisotopic (exact) mass is 259 g/mol. The van der Waals surface area contributed by atoms with Crippen LogP contribution in [0.25, 0.3) is 5.69 Å². The molecule has 0 spiro atoms. The summed E-state index contributed by atoms with van der Waals surface area (Å²) in [6.45, 7) is 1.88. The summed E-state index contributed by atoms with van der Waals surface area (Å²) in [4.78, 5) is 4.43. The molecule has 1 atom stereocenters. The first-order chi connectivity index (χ1) is 9.18. The summed E-state index contributed by atoms with van der Waals surface area (Å²) < 4.78 is 16.1. The minimum Gasteiger partial charge on any atom is -0.324 e. The van der Waals surface area contributed by atoms with Crippen molar-refractivity contribution < 1.29 is 4.39 Å². The number of fused-ring (bicyclic) bond motifs is 1. The zero-order chi connectivity index (χ0) is 13.4. The van der Waals surface area contributed by atoms with Crippen LogP contribution in [-0.4, -0.2) is 9.55 Å². The number of hydrogen-bond acceptors (Lipinski definition) is 2. The minimum absolute atomic E-state index is 0.202. The topological polar surface area (TPSA) is 43.8 Å². The van der Waals surface area contributed by atoms with Crippen LogP contribution in [-0.2, 0) is 12.8 Å². The highest BCUT2D eigenvalue weighted by Gasteiger charge is 2.20. The number of halogens is 1. The fourth-order valence-corrected chi connectivity index (χ4v) is 2.82. The molecule has 0 saturated heterocycles. The van der Waals surface area contributed by atoms with Crippen molar-refractivity contribution in [2.24, 2.45) is 5.73 Å². The summed E-state index contributed by atoms with van der Waals surface area (Å²) in [5.41, 5.74) is 9.59. The second kappa shape index (κ2) is 4.78. The molecule has 0 bridgehead atoms. The Hall–Kier alpha value is -1.68. The zero-order valence-corrected chi connectivity index (χ0v) is 11.1. The van der Waals surface area contributed by atoms with E-state index in [2.05, 4.69) is 4.98 Å². The van der Waals surface area contributed by atoms with Crippen LogP contribution in [0.1, 0.15) is 42.8 Å². The fourth-order valence-electron chi connectivity index (χ4n) is 2.82. The first-order valence-electron chi connectivity index (χ1n) is 6.78. The zero-order valence-electron chi connectivity index (χ0n) is 11.1. The number of imidazole rings is 1. The third kappa shape index (κ3) is 2.06. The van der Waals surface area contributed by atoms with Crippen LogP contribution < -0.4 is 5.73 Å². The van der Waals surface area contributed by atoms with Crippen molar-refractivity contribution in [2.45, 2.75) is 38.6 Å². The lowest BCUT2D eigenvalue weighted by Gasteiger charge is -2.18. The molecule has 0 radical (unpaired) electrons. The second-order valence-electron chi connectivity index (χ2n) is 5.18. The summed E-state index contributed by atoms with van der Waals surface area (Å²) in [6, 6.07) is 4.88. The smallest absolute Gasteiger partial charge is 0.147 e. The molecule has 0 amide bonds. The molecule has 19 heavy (non-hydrogen) atoms. The van der Waals surface area contributed by atoms with E-state index in [1.54, 1.807) is 12.4 Å². The molecule has 4 heteroatoms. The Labute approximate surface area is 112 Å². The number of rotatable bonds is 2. The molecule has 1 aromatic heterocycles.